The third-order valence-electron chi connectivity index (χ3n) is 3.48. The van der Waals surface area contributed by atoms with Crippen molar-refractivity contribution in [1.29, 1.82) is 0 Å². The molecular weight excluding hydrogens is 190 g/mol. The maximum atomic E-state index is 11.4. The second-order valence-electron chi connectivity index (χ2n) is 4.39. The second-order valence-corrected chi connectivity index (χ2v) is 4.39. The van der Waals surface area contributed by atoms with E-state index in [0.29, 0.717) is 11.0 Å². The topological polar surface area (TPSA) is 38.3 Å². The van der Waals surface area contributed by atoms with E-state index in [1.54, 1.807) is 0 Å². The number of hydrogen-bond donors (Lipinski definition) is 1. The molecule has 0 unspecified atom stereocenters. The zero-order valence-corrected chi connectivity index (χ0v) is 8.67. The Hall–Kier alpha value is -1.51. The highest BCUT2D eigenvalue weighted by molar-refractivity contribution is 5.90. The van der Waals surface area contributed by atoms with Crippen LogP contribution in [0.1, 0.15) is 28.8 Å². The summed E-state index contributed by atoms with van der Waals surface area (Å²) in [5.41, 5.74) is 3.47. The van der Waals surface area contributed by atoms with Gasteiger partial charge < -0.3 is 10.1 Å². The predicted octanol–water partition coefficient (Wildman–Crippen LogP) is 1.93. The molecule has 0 amide bonds. The van der Waals surface area contributed by atoms with Gasteiger partial charge in [-0.3, -0.25) is 0 Å². The molecule has 0 saturated heterocycles. The van der Waals surface area contributed by atoms with Crippen LogP contribution < -0.4 is 5.32 Å². The number of nitrogens with one attached hydrogen (secondary N) is 1. The normalized spacial score (nSPS) is 19.5. The van der Waals surface area contributed by atoms with Crippen molar-refractivity contribution < 1.29 is 9.53 Å². The van der Waals surface area contributed by atoms with Crippen molar-refractivity contribution in [1.82, 2.24) is 0 Å². The summed E-state index contributed by atoms with van der Waals surface area (Å²) in [5.74, 6) is -0.250. The largest absolute Gasteiger partial charge is 0.465 e. The fourth-order valence-electron chi connectivity index (χ4n) is 2.34. The van der Waals surface area contributed by atoms with Crippen LogP contribution in [-0.2, 0) is 10.2 Å². The van der Waals surface area contributed by atoms with Gasteiger partial charge in [0.05, 0.1) is 12.7 Å². The lowest BCUT2D eigenvalue weighted by atomic mass is 9.96. The summed E-state index contributed by atoms with van der Waals surface area (Å²) in [5, 5.41) is 3.38. The van der Waals surface area contributed by atoms with Crippen molar-refractivity contribution in [3.63, 3.8) is 0 Å². The smallest absolute Gasteiger partial charge is 0.337 e. The third-order valence-corrected chi connectivity index (χ3v) is 3.48. The number of benzene rings is 1. The molecule has 1 heterocycles. The summed E-state index contributed by atoms with van der Waals surface area (Å²) in [7, 11) is 1.42. The molecule has 0 aromatic heterocycles. The first-order valence-corrected chi connectivity index (χ1v) is 5.22. The highest BCUT2D eigenvalue weighted by Gasteiger charge is 2.49. The minimum absolute atomic E-state index is 0.250. The first-order chi connectivity index (χ1) is 7.25. The van der Waals surface area contributed by atoms with Crippen molar-refractivity contribution in [3.05, 3.63) is 29.3 Å². The highest BCUT2D eigenvalue weighted by Crippen LogP contribution is 2.54. The summed E-state index contributed by atoms with van der Waals surface area (Å²) in [6.07, 6.45) is 2.47. The lowest BCUT2D eigenvalue weighted by Gasteiger charge is -2.07. The summed E-state index contributed by atoms with van der Waals surface area (Å²) < 4.78 is 4.73. The standard InChI is InChI=1S/C12H13NO2/c1-15-11(14)8-2-3-10-9(6-8)12(4-5-12)7-13-10/h2-3,6,13H,4-5,7H2,1H3. The van der Waals surface area contributed by atoms with Gasteiger partial charge in [-0.15, -0.1) is 0 Å². The van der Waals surface area contributed by atoms with Crippen LogP contribution in [0.2, 0.25) is 0 Å². The van der Waals surface area contributed by atoms with Gasteiger partial charge in [0.15, 0.2) is 0 Å². The minimum atomic E-state index is -0.250. The van der Waals surface area contributed by atoms with Crippen molar-refractivity contribution in [2.75, 3.05) is 19.0 Å². The van der Waals surface area contributed by atoms with Crippen LogP contribution in [0.25, 0.3) is 0 Å². The summed E-state index contributed by atoms with van der Waals surface area (Å²) >= 11 is 0. The molecule has 2 aliphatic rings. The molecule has 1 aromatic carbocycles. The Morgan fingerprint density at radius 2 is 2.27 bits per heavy atom. The van der Waals surface area contributed by atoms with Crippen LogP contribution in [0.4, 0.5) is 5.69 Å². The van der Waals surface area contributed by atoms with Crippen LogP contribution in [0.15, 0.2) is 18.2 Å². The monoisotopic (exact) mass is 203 g/mol. The maximum absolute atomic E-state index is 11.4. The molecule has 3 rings (SSSR count). The van der Waals surface area contributed by atoms with Gasteiger partial charge in [0.1, 0.15) is 0 Å². The molecule has 0 radical (unpaired) electrons. The van der Waals surface area contributed by atoms with E-state index in [2.05, 4.69) is 5.32 Å². The number of esters is 1. The van der Waals surface area contributed by atoms with Crippen molar-refractivity contribution in [2.24, 2.45) is 0 Å². The van der Waals surface area contributed by atoms with Crippen molar-refractivity contribution in [3.8, 4) is 0 Å². The molecule has 3 nitrogen and oxygen atoms in total. The number of carbonyl (C=O) groups is 1. The number of anilines is 1. The highest BCUT2D eigenvalue weighted by atomic mass is 16.5. The van der Waals surface area contributed by atoms with Crippen LogP contribution in [0.3, 0.4) is 0 Å². The van der Waals surface area contributed by atoms with Crippen LogP contribution in [0.5, 0.6) is 0 Å². The number of methoxy groups -OCH3 is 1. The number of carbonyl (C=O) groups excluding carboxylic acids is 1. The van der Waals surface area contributed by atoms with E-state index in [-0.39, 0.29) is 5.97 Å². The molecule has 1 aliphatic heterocycles. The van der Waals surface area contributed by atoms with Gasteiger partial charge in [-0.25, -0.2) is 4.79 Å². The molecule has 0 bridgehead atoms. The lowest BCUT2D eigenvalue weighted by molar-refractivity contribution is 0.0600. The fourth-order valence-corrected chi connectivity index (χ4v) is 2.34. The molecule has 1 aliphatic carbocycles. The molecule has 3 heteroatoms. The van der Waals surface area contributed by atoms with Crippen LogP contribution in [0, 0.1) is 0 Å². The SMILES string of the molecule is COC(=O)c1ccc2c(c1)C1(CC1)CN2. The van der Waals surface area contributed by atoms with Gasteiger partial charge in [0, 0.05) is 17.6 Å². The van der Waals surface area contributed by atoms with Crippen molar-refractivity contribution >= 4 is 11.7 Å². The zero-order chi connectivity index (χ0) is 10.5. The fraction of sp³-hybridized carbons (Fsp3) is 0.417. The molecule has 1 spiro atoms. The Bertz CT molecular complexity index is 435. The van der Waals surface area contributed by atoms with Crippen molar-refractivity contribution in [2.45, 2.75) is 18.3 Å². The molecule has 15 heavy (non-hydrogen) atoms. The van der Waals surface area contributed by atoms with Gasteiger partial charge in [-0.1, -0.05) is 0 Å². The summed E-state index contributed by atoms with van der Waals surface area (Å²) in [6.45, 7) is 1.02. The Balaban J connectivity index is 2.05. The zero-order valence-electron chi connectivity index (χ0n) is 8.67. The van der Waals surface area contributed by atoms with E-state index in [1.165, 1.54) is 31.2 Å². The molecule has 1 aromatic rings. The minimum Gasteiger partial charge on any atom is -0.465 e. The average molecular weight is 203 g/mol. The number of rotatable bonds is 1. The Morgan fingerprint density at radius 1 is 1.47 bits per heavy atom. The Labute approximate surface area is 88.4 Å². The molecular formula is C12H13NO2. The summed E-state index contributed by atoms with van der Waals surface area (Å²) in [4.78, 5) is 11.4. The van der Waals surface area contributed by atoms with Crippen LogP contribution in [-0.4, -0.2) is 19.6 Å². The first-order valence-electron chi connectivity index (χ1n) is 5.22. The number of ether oxygens (including phenoxy) is 1. The third kappa shape index (κ3) is 1.16. The summed E-state index contributed by atoms with van der Waals surface area (Å²) in [6, 6.07) is 5.78. The number of hydrogen-bond acceptors (Lipinski definition) is 3. The van der Waals surface area contributed by atoms with Gasteiger partial charge in [0.2, 0.25) is 0 Å². The van der Waals surface area contributed by atoms with Gasteiger partial charge in [-0.05, 0) is 36.6 Å². The van der Waals surface area contributed by atoms with E-state index in [4.69, 9.17) is 4.74 Å². The molecule has 1 N–H and O–H groups in total. The second kappa shape index (κ2) is 2.75. The van der Waals surface area contributed by atoms with E-state index in [0.717, 1.165) is 6.54 Å². The van der Waals surface area contributed by atoms with Gasteiger partial charge in [-0.2, -0.15) is 0 Å². The molecule has 0 atom stereocenters. The maximum Gasteiger partial charge on any atom is 0.337 e. The predicted molar refractivity (Wildman–Crippen MR) is 57.2 cm³/mol. The molecule has 1 saturated carbocycles. The lowest BCUT2D eigenvalue weighted by Crippen LogP contribution is -2.09. The van der Waals surface area contributed by atoms with Gasteiger partial charge in [0.25, 0.3) is 0 Å². The Morgan fingerprint density at radius 3 is 2.93 bits per heavy atom. The quantitative estimate of drug-likeness (QED) is 0.709. The van der Waals surface area contributed by atoms with E-state index >= 15 is 0 Å². The molecule has 1 fully saturated rings. The van der Waals surface area contributed by atoms with Gasteiger partial charge >= 0.3 is 5.97 Å². The first kappa shape index (κ1) is 8.77. The Kier molecular flexibility index (Phi) is 1.61. The number of fused-ring (bicyclic) bond motifs is 2. The van der Waals surface area contributed by atoms with E-state index in [9.17, 15) is 4.79 Å². The average Bonchev–Trinajstić information content (AvgIpc) is 2.97. The molecule has 78 valence electrons. The van der Waals surface area contributed by atoms with E-state index in [1.807, 2.05) is 18.2 Å². The van der Waals surface area contributed by atoms with E-state index < -0.39 is 0 Å². The van der Waals surface area contributed by atoms with Crippen LogP contribution >= 0.6 is 0 Å².